The van der Waals surface area contributed by atoms with Crippen LogP contribution in [-0.2, 0) is 4.74 Å². The fourth-order valence-corrected chi connectivity index (χ4v) is 4.66. The van der Waals surface area contributed by atoms with Crippen LogP contribution in [-0.4, -0.2) is 74.3 Å². The van der Waals surface area contributed by atoms with Gasteiger partial charge in [0.25, 0.3) is 5.91 Å². The fourth-order valence-electron chi connectivity index (χ4n) is 4.66. The quantitative estimate of drug-likeness (QED) is 0.608. The largest absolute Gasteiger partial charge is 0.491 e. The molecule has 9 heteroatoms. The molecule has 1 aliphatic carbocycles. The molecular formula is C28H37FN4O4. The summed E-state index contributed by atoms with van der Waals surface area (Å²) in [5.74, 6) is 0.648. The van der Waals surface area contributed by atoms with Gasteiger partial charge in [-0.25, -0.2) is 9.18 Å². The minimum absolute atomic E-state index is 0.0647. The van der Waals surface area contributed by atoms with Gasteiger partial charge in [-0.1, -0.05) is 19.1 Å². The van der Waals surface area contributed by atoms with Crippen molar-refractivity contribution >= 4 is 23.3 Å². The summed E-state index contributed by atoms with van der Waals surface area (Å²) in [6.07, 6.45) is 2.42. The average molecular weight is 513 g/mol. The number of likely N-dealkylation sites (N-methyl/N-ethyl adjacent to an activating group) is 1. The first kappa shape index (κ1) is 26.9. The molecule has 37 heavy (non-hydrogen) atoms. The number of carbonyl (C=O) groups is 2. The van der Waals surface area contributed by atoms with E-state index in [1.165, 1.54) is 25.0 Å². The Kier molecular flexibility index (Phi) is 8.66. The third kappa shape index (κ3) is 6.99. The number of methoxy groups -OCH3 is 1. The summed E-state index contributed by atoms with van der Waals surface area (Å²) >= 11 is 0. The van der Waals surface area contributed by atoms with Crippen LogP contribution in [0.2, 0.25) is 0 Å². The number of benzene rings is 2. The van der Waals surface area contributed by atoms with Crippen molar-refractivity contribution in [2.45, 2.75) is 38.8 Å². The Morgan fingerprint density at radius 1 is 1.14 bits per heavy atom. The van der Waals surface area contributed by atoms with E-state index in [0.29, 0.717) is 30.2 Å². The van der Waals surface area contributed by atoms with Crippen LogP contribution < -0.4 is 15.4 Å². The number of halogens is 1. The van der Waals surface area contributed by atoms with Crippen LogP contribution in [0.1, 0.15) is 37.0 Å². The lowest BCUT2D eigenvalue weighted by Gasteiger charge is -2.36. The number of hydrogen-bond donors (Lipinski definition) is 2. The fraction of sp³-hybridized carbons (Fsp3) is 0.500. The van der Waals surface area contributed by atoms with Crippen molar-refractivity contribution in [2.24, 2.45) is 11.8 Å². The maximum atomic E-state index is 13.9. The van der Waals surface area contributed by atoms with Crippen molar-refractivity contribution in [2.75, 3.05) is 51.0 Å². The number of hydrogen-bond acceptors (Lipinski definition) is 5. The smallest absolute Gasteiger partial charge is 0.323 e. The van der Waals surface area contributed by atoms with Crippen LogP contribution in [0.4, 0.5) is 20.6 Å². The predicted octanol–water partition coefficient (Wildman–Crippen LogP) is 4.69. The molecule has 3 atom stereocenters. The highest BCUT2D eigenvalue weighted by molar-refractivity contribution is 6.02. The first-order valence-electron chi connectivity index (χ1n) is 12.9. The molecule has 2 aliphatic rings. The van der Waals surface area contributed by atoms with Crippen LogP contribution in [0.5, 0.6) is 5.75 Å². The summed E-state index contributed by atoms with van der Waals surface area (Å²) in [6.45, 7) is 7.07. The van der Waals surface area contributed by atoms with Crippen LogP contribution >= 0.6 is 0 Å². The first-order chi connectivity index (χ1) is 17.7. The summed E-state index contributed by atoms with van der Waals surface area (Å²) in [5, 5.41) is 5.18. The second kappa shape index (κ2) is 11.9. The number of ether oxygens (including phenoxy) is 2. The van der Waals surface area contributed by atoms with Crippen molar-refractivity contribution < 1.29 is 23.5 Å². The van der Waals surface area contributed by atoms with Gasteiger partial charge in [0.2, 0.25) is 0 Å². The molecule has 0 bridgehead atoms. The molecule has 8 nitrogen and oxygen atoms in total. The van der Waals surface area contributed by atoms with Crippen molar-refractivity contribution in [1.82, 2.24) is 9.80 Å². The van der Waals surface area contributed by atoms with Gasteiger partial charge >= 0.3 is 6.03 Å². The molecule has 2 aromatic rings. The minimum atomic E-state index is -0.613. The van der Waals surface area contributed by atoms with E-state index in [4.69, 9.17) is 9.47 Å². The second-order valence-electron chi connectivity index (χ2n) is 10.3. The van der Waals surface area contributed by atoms with Gasteiger partial charge in [-0.15, -0.1) is 0 Å². The number of amides is 3. The van der Waals surface area contributed by atoms with Crippen molar-refractivity contribution in [1.29, 1.82) is 0 Å². The molecule has 1 aliphatic heterocycles. The molecule has 0 spiro atoms. The number of carbonyl (C=O) groups excluding carboxylic acids is 2. The maximum Gasteiger partial charge on any atom is 0.323 e. The van der Waals surface area contributed by atoms with Gasteiger partial charge in [0.05, 0.1) is 17.4 Å². The molecule has 1 heterocycles. The molecule has 0 aromatic heterocycles. The zero-order valence-corrected chi connectivity index (χ0v) is 22.0. The molecule has 0 radical (unpaired) electrons. The van der Waals surface area contributed by atoms with Gasteiger partial charge in [0, 0.05) is 45.5 Å². The number of urea groups is 1. The van der Waals surface area contributed by atoms with Gasteiger partial charge in [-0.3, -0.25) is 9.69 Å². The monoisotopic (exact) mass is 512 g/mol. The third-order valence-electron chi connectivity index (χ3n) is 7.14. The van der Waals surface area contributed by atoms with E-state index in [9.17, 15) is 14.0 Å². The summed E-state index contributed by atoms with van der Waals surface area (Å²) in [4.78, 5) is 30.1. The molecular weight excluding hydrogens is 475 g/mol. The summed E-state index contributed by atoms with van der Waals surface area (Å²) < 4.78 is 25.9. The molecule has 0 saturated heterocycles. The van der Waals surface area contributed by atoms with Gasteiger partial charge in [0.15, 0.2) is 0 Å². The first-order valence-corrected chi connectivity index (χ1v) is 12.9. The van der Waals surface area contributed by atoms with E-state index in [1.807, 2.05) is 0 Å². The Bertz CT molecular complexity index is 1110. The topological polar surface area (TPSA) is 83.1 Å². The van der Waals surface area contributed by atoms with E-state index in [1.54, 1.807) is 49.4 Å². The lowest BCUT2D eigenvalue weighted by molar-refractivity contribution is 0.00994. The molecule has 2 aromatic carbocycles. The molecule has 1 fully saturated rings. The number of rotatable bonds is 5. The Labute approximate surface area is 218 Å². The number of anilines is 2. The van der Waals surface area contributed by atoms with Crippen LogP contribution in [0.15, 0.2) is 42.5 Å². The normalized spacial score (nSPS) is 23.3. The van der Waals surface area contributed by atoms with Gasteiger partial charge in [0.1, 0.15) is 18.2 Å². The Morgan fingerprint density at radius 3 is 2.59 bits per heavy atom. The lowest BCUT2D eigenvalue weighted by atomic mass is 10.0. The van der Waals surface area contributed by atoms with Gasteiger partial charge < -0.3 is 25.0 Å². The third-order valence-corrected chi connectivity index (χ3v) is 7.14. The number of fused-ring (bicyclic) bond motifs is 1. The van der Waals surface area contributed by atoms with E-state index in [-0.39, 0.29) is 29.7 Å². The van der Waals surface area contributed by atoms with E-state index in [2.05, 4.69) is 29.4 Å². The molecule has 200 valence electrons. The zero-order chi connectivity index (χ0) is 26.5. The van der Waals surface area contributed by atoms with Gasteiger partial charge in [-0.2, -0.15) is 0 Å². The number of para-hydroxylation sites is 1. The highest BCUT2D eigenvalue weighted by Crippen LogP contribution is 2.32. The van der Waals surface area contributed by atoms with Crippen LogP contribution in [0, 0.1) is 17.7 Å². The standard InChI is InChI=1S/C28H37FN4O4/c1-18-14-33(15-20-9-10-20)19(2)17-37-25-12-11-21(13-22(25)27(34)32(3)16-26(18)36-4)30-28(35)31-24-8-6-5-7-23(24)29/h5-8,11-13,18-20,26H,9-10,14-17H2,1-4H3,(H2,30,31,35)/t18-,19+,26+/m1/s1. The van der Waals surface area contributed by atoms with Crippen molar-refractivity contribution in [3.63, 3.8) is 0 Å². The van der Waals surface area contributed by atoms with Crippen molar-refractivity contribution in [3.05, 3.63) is 53.8 Å². The predicted molar refractivity (Wildman–Crippen MR) is 142 cm³/mol. The summed E-state index contributed by atoms with van der Waals surface area (Å²) in [5.41, 5.74) is 0.801. The molecule has 1 saturated carbocycles. The Balaban J connectivity index is 1.56. The molecule has 4 rings (SSSR count). The van der Waals surface area contributed by atoms with Gasteiger partial charge in [-0.05, 0) is 61.9 Å². The molecule has 0 unspecified atom stereocenters. The summed E-state index contributed by atoms with van der Waals surface area (Å²) in [7, 11) is 3.43. The highest BCUT2D eigenvalue weighted by Gasteiger charge is 2.31. The Morgan fingerprint density at radius 2 is 1.89 bits per heavy atom. The summed E-state index contributed by atoms with van der Waals surface area (Å²) in [6, 6.07) is 10.4. The lowest BCUT2D eigenvalue weighted by Crippen LogP contribution is -2.47. The molecule has 3 amide bonds. The SMILES string of the molecule is CO[C@H]1CN(C)C(=O)c2cc(NC(=O)Nc3ccccc3F)ccc2OC[C@H](C)N(CC2CC2)C[C@H]1C. The van der Waals surface area contributed by atoms with Crippen LogP contribution in [0.3, 0.4) is 0 Å². The maximum absolute atomic E-state index is 13.9. The number of nitrogens with one attached hydrogen (secondary N) is 2. The van der Waals surface area contributed by atoms with E-state index < -0.39 is 11.8 Å². The molecule has 2 N–H and O–H groups in total. The number of nitrogens with zero attached hydrogens (tertiary/aromatic N) is 2. The Hall–Kier alpha value is -3.17. The van der Waals surface area contributed by atoms with Crippen LogP contribution in [0.25, 0.3) is 0 Å². The second-order valence-corrected chi connectivity index (χ2v) is 10.3. The average Bonchev–Trinajstić information content (AvgIpc) is 3.70. The van der Waals surface area contributed by atoms with E-state index in [0.717, 1.165) is 19.0 Å². The van der Waals surface area contributed by atoms with E-state index >= 15 is 0 Å². The van der Waals surface area contributed by atoms with Crippen molar-refractivity contribution in [3.8, 4) is 5.75 Å². The highest BCUT2D eigenvalue weighted by atomic mass is 19.1. The zero-order valence-electron chi connectivity index (χ0n) is 22.0. The minimum Gasteiger partial charge on any atom is -0.491 e.